The first-order chi connectivity index (χ1) is 16.1. The third-order valence-corrected chi connectivity index (χ3v) is 6.82. The minimum atomic E-state index is -4.44. The Hall–Kier alpha value is -2.91. The average Bonchev–Trinajstić information content (AvgIpc) is 3.07. The number of fused-ring (bicyclic) bond motifs is 1. The molecule has 0 radical (unpaired) electrons. The summed E-state index contributed by atoms with van der Waals surface area (Å²) in [5, 5.41) is 0. The molecular formula is C24H29F3N4O3. The van der Waals surface area contributed by atoms with Gasteiger partial charge in [-0.1, -0.05) is 26.0 Å². The number of alkyl halides is 3. The van der Waals surface area contributed by atoms with Crippen LogP contribution in [0.5, 0.6) is 0 Å². The molecule has 2 fully saturated rings. The molecule has 0 unspecified atom stereocenters. The van der Waals surface area contributed by atoms with Gasteiger partial charge in [-0.3, -0.25) is 19.3 Å². The molecule has 3 aliphatic rings. The van der Waals surface area contributed by atoms with Gasteiger partial charge in [0.25, 0.3) is 0 Å². The fourth-order valence-corrected chi connectivity index (χ4v) is 5.00. The van der Waals surface area contributed by atoms with Crippen LogP contribution in [0.2, 0.25) is 0 Å². The normalized spacial score (nSPS) is 24.1. The van der Waals surface area contributed by atoms with Crippen molar-refractivity contribution in [1.29, 1.82) is 0 Å². The van der Waals surface area contributed by atoms with E-state index in [-0.39, 0.29) is 35.5 Å². The second-order valence-electron chi connectivity index (χ2n) is 9.56. The van der Waals surface area contributed by atoms with E-state index >= 15 is 0 Å². The lowest BCUT2D eigenvalue weighted by Gasteiger charge is -2.38. The number of piperazine rings is 1. The second kappa shape index (κ2) is 9.38. The molecule has 1 aliphatic carbocycles. The molecule has 0 spiro atoms. The maximum absolute atomic E-state index is 13.5. The molecule has 7 nitrogen and oxygen atoms in total. The zero-order valence-electron chi connectivity index (χ0n) is 19.3. The van der Waals surface area contributed by atoms with Crippen LogP contribution in [0, 0.1) is 17.8 Å². The summed E-state index contributed by atoms with van der Waals surface area (Å²) in [5.41, 5.74) is -0.808. The molecule has 0 aromatic carbocycles. The predicted molar refractivity (Wildman–Crippen MR) is 118 cm³/mol. The summed E-state index contributed by atoms with van der Waals surface area (Å²) in [6.07, 6.45) is 1.64. The van der Waals surface area contributed by atoms with E-state index in [1.54, 1.807) is 4.90 Å². The van der Waals surface area contributed by atoms with Crippen LogP contribution in [-0.2, 0) is 20.6 Å². The van der Waals surface area contributed by atoms with Gasteiger partial charge in [-0.05, 0) is 37.3 Å². The topological polar surface area (TPSA) is 73.8 Å². The van der Waals surface area contributed by atoms with Crippen molar-refractivity contribution < 1.29 is 27.6 Å². The van der Waals surface area contributed by atoms with Gasteiger partial charge >= 0.3 is 6.18 Å². The Bertz CT molecular complexity index is 943. The van der Waals surface area contributed by atoms with E-state index in [1.807, 2.05) is 30.9 Å². The first-order valence-electron chi connectivity index (χ1n) is 11.7. The fraction of sp³-hybridized carbons (Fsp3) is 0.583. The number of pyridine rings is 1. The van der Waals surface area contributed by atoms with Gasteiger partial charge in [0, 0.05) is 32.4 Å². The lowest BCUT2D eigenvalue weighted by atomic mass is 9.85. The number of likely N-dealkylation sites (tertiary alicyclic amines) is 1. The molecule has 184 valence electrons. The quantitative estimate of drug-likeness (QED) is 0.480. The molecular weight excluding hydrogens is 449 g/mol. The van der Waals surface area contributed by atoms with Crippen molar-refractivity contribution in [3.63, 3.8) is 0 Å². The summed E-state index contributed by atoms with van der Waals surface area (Å²) in [6, 6.07) is 1.50. The third kappa shape index (κ3) is 4.67. The molecule has 3 heterocycles. The summed E-state index contributed by atoms with van der Waals surface area (Å²) < 4.78 is 38.4. The summed E-state index contributed by atoms with van der Waals surface area (Å²) in [7, 11) is 0. The minimum absolute atomic E-state index is 0.105. The number of hydrogen-bond acceptors (Lipinski definition) is 5. The van der Waals surface area contributed by atoms with Gasteiger partial charge in [0.15, 0.2) is 0 Å². The van der Waals surface area contributed by atoms with Gasteiger partial charge in [-0.25, -0.2) is 4.98 Å². The molecule has 2 saturated heterocycles. The Balaban J connectivity index is 1.44. The SMILES string of the molecule is CC(C)C[C@@H](C(=O)N1CCN(c2ccc(C(F)(F)F)cn2)CC1)N1C(=O)[C@H]2CC=CC[C@H]2C1=O. The van der Waals surface area contributed by atoms with Crippen molar-refractivity contribution in [2.24, 2.45) is 17.8 Å². The number of amides is 3. The lowest BCUT2D eigenvalue weighted by molar-refractivity contribution is -0.152. The number of aromatic nitrogens is 1. The van der Waals surface area contributed by atoms with Crippen LogP contribution >= 0.6 is 0 Å². The first-order valence-corrected chi connectivity index (χ1v) is 11.7. The lowest BCUT2D eigenvalue weighted by Crippen LogP contribution is -2.56. The van der Waals surface area contributed by atoms with Crippen molar-refractivity contribution in [2.75, 3.05) is 31.1 Å². The number of nitrogens with zero attached hydrogens (tertiary/aromatic N) is 4. The second-order valence-corrected chi connectivity index (χ2v) is 9.56. The van der Waals surface area contributed by atoms with Crippen molar-refractivity contribution in [1.82, 2.24) is 14.8 Å². The molecule has 4 rings (SSSR count). The molecule has 10 heteroatoms. The Morgan fingerprint density at radius 1 is 1.03 bits per heavy atom. The standard InChI is InChI=1S/C24H29F3N4O3/c1-15(2)13-19(31-21(32)17-5-3-4-6-18(17)22(31)33)23(34)30-11-9-29(10-12-30)20-8-7-16(14-28-20)24(25,26)27/h3-4,7-8,14-15,17-19H,5-6,9-13H2,1-2H3/t17-,18+,19-/m0/s1. The molecule has 34 heavy (non-hydrogen) atoms. The summed E-state index contributed by atoms with van der Waals surface area (Å²) in [6.45, 7) is 5.37. The van der Waals surface area contributed by atoms with E-state index in [1.165, 1.54) is 11.0 Å². The molecule has 0 N–H and O–H groups in total. The Morgan fingerprint density at radius 3 is 2.09 bits per heavy atom. The molecule has 0 bridgehead atoms. The molecule has 1 aromatic rings. The Labute approximate surface area is 196 Å². The van der Waals surface area contributed by atoms with Crippen molar-refractivity contribution >= 4 is 23.5 Å². The van der Waals surface area contributed by atoms with Crippen LogP contribution in [0.25, 0.3) is 0 Å². The highest BCUT2D eigenvalue weighted by atomic mass is 19.4. The Morgan fingerprint density at radius 2 is 1.62 bits per heavy atom. The van der Waals surface area contributed by atoms with Crippen LogP contribution in [0.1, 0.15) is 38.7 Å². The maximum atomic E-state index is 13.5. The number of anilines is 1. The van der Waals surface area contributed by atoms with E-state index in [2.05, 4.69) is 4.98 Å². The third-order valence-electron chi connectivity index (χ3n) is 6.82. The maximum Gasteiger partial charge on any atom is 0.417 e. The molecule has 1 aromatic heterocycles. The largest absolute Gasteiger partial charge is 0.417 e. The predicted octanol–water partition coefficient (Wildman–Crippen LogP) is 3.11. The highest BCUT2D eigenvalue weighted by Gasteiger charge is 2.51. The number of rotatable bonds is 5. The van der Waals surface area contributed by atoms with Gasteiger partial charge in [-0.2, -0.15) is 13.2 Å². The molecule has 0 saturated carbocycles. The van der Waals surface area contributed by atoms with Crippen LogP contribution in [0.15, 0.2) is 30.5 Å². The van der Waals surface area contributed by atoms with Gasteiger partial charge in [0.2, 0.25) is 17.7 Å². The van der Waals surface area contributed by atoms with Crippen molar-refractivity contribution in [2.45, 2.75) is 45.3 Å². The zero-order valence-corrected chi connectivity index (χ0v) is 19.3. The van der Waals surface area contributed by atoms with E-state index in [9.17, 15) is 27.6 Å². The number of allylic oxidation sites excluding steroid dienone is 2. The van der Waals surface area contributed by atoms with Crippen LogP contribution in [0.4, 0.5) is 19.0 Å². The number of hydrogen-bond donors (Lipinski definition) is 0. The summed E-state index contributed by atoms with van der Waals surface area (Å²) in [5.74, 6) is -1.02. The number of halogens is 3. The zero-order chi connectivity index (χ0) is 24.6. The summed E-state index contributed by atoms with van der Waals surface area (Å²) >= 11 is 0. The Kier molecular flexibility index (Phi) is 6.69. The van der Waals surface area contributed by atoms with Gasteiger partial charge < -0.3 is 9.80 Å². The van der Waals surface area contributed by atoms with E-state index in [4.69, 9.17) is 0 Å². The molecule has 3 amide bonds. The molecule has 2 aliphatic heterocycles. The minimum Gasteiger partial charge on any atom is -0.353 e. The number of imide groups is 1. The van der Waals surface area contributed by atoms with E-state index < -0.39 is 17.8 Å². The van der Waals surface area contributed by atoms with Gasteiger partial charge in [-0.15, -0.1) is 0 Å². The first kappa shape index (κ1) is 24.2. The molecule has 3 atom stereocenters. The highest BCUT2D eigenvalue weighted by Crippen LogP contribution is 2.37. The fourth-order valence-electron chi connectivity index (χ4n) is 5.00. The van der Waals surface area contributed by atoms with E-state index in [0.29, 0.717) is 51.3 Å². The van der Waals surface area contributed by atoms with Crippen LogP contribution < -0.4 is 4.90 Å². The van der Waals surface area contributed by atoms with E-state index in [0.717, 1.165) is 12.3 Å². The number of carbonyl (C=O) groups excluding carboxylic acids is 3. The van der Waals surface area contributed by atoms with Crippen LogP contribution in [-0.4, -0.2) is 64.7 Å². The summed E-state index contributed by atoms with van der Waals surface area (Å²) in [4.78, 5) is 48.3. The monoisotopic (exact) mass is 478 g/mol. The van der Waals surface area contributed by atoms with Crippen molar-refractivity contribution in [3.8, 4) is 0 Å². The van der Waals surface area contributed by atoms with Crippen molar-refractivity contribution in [3.05, 3.63) is 36.0 Å². The van der Waals surface area contributed by atoms with Gasteiger partial charge in [0.1, 0.15) is 11.9 Å². The van der Waals surface area contributed by atoms with Gasteiger partial charge in [0.05, 0.1) is 17.4 Å². The smallest absolute Gasteiger partial charge is 0.353 e. The van der Waals surface area contributed by atoms with Crippen LogP contribution in [0.3, 0.4) is 0 Å². The highest BCUT2D eigenvalue weighted by molar-refractivity contribution is 6.08. The average molecular weight is 479 g/mol. The number of carbonyl (C=O) groups is 3.